The average Bonchev–Trinajstić information content (AvgIpc) is 1.62. The molecule has 8 N–H and O–H groups in total. The molecule has 0 aliphatic heterocycles. The van der Waals surface area contributed by atoms with Crippen molar-refractivity contribution in [2.75, 3.05) is 93.2 Å². The Kier molecular flexibility index (Phi) is 38.0. The molecular formula is C97H90BBr3ClF5N18O15. The number of benzene rings is 4. The van der Waals surface area contributed by atoms with Crippen molar-refractivity contribution in [1.82, 2.24) is 74.4 Å². The number of carbonyl (C=O) groups excluding carboxylic acids is 8. The summed E-state index contributed by atoms with van der Waals surface area (Å²) in [5.74, 6) is -5.66. The minimum absolute atomic E-state index is 0.00766. The third kappa shape index (κ3) is 28.3. The molecule has 724 valence electrons. The van der Waals surface area contributed by atoms with Crippen molar-refractivity contribution in [1.29, 1.82) is 0 Å². The fraction of sp³-hybridized carbons (Fsp3) is 0.186. The van der Waals surface area contributed by atoms with Crippen LogP contribution in [0.15, 0.2) is 233 Å². The predicted octanol–water partition coefficient (Wildman–Crippen LogP) is 15.7. The number of H-pyrrole nitrogens is 3. The average molecular weight is 2130 g/mol. The van der Waals surface area contributed by atoms with Crippen LogP contribution < -0.4 is 21.1 Å². The quantitative estimate of drug-likeness (QED) is 0.00827. The topological polar surface area (TPSA) is 438 Å². The van der Waals surface area contributed by atoms with E-state index in [1.54, 1.807) is 74.6 Å². The maximum absolute atomic E-state index is 15.3. The monoisotopic (exact) mass is 2120 g/mol. The van der Waals surface area contributed by atoms with Gasteiger partial charge in [-0.15, -0.1) is 0 Å². The number of carbonyl (C=O) groups is 9. The van der Waals surface area contributed by atoms with Crippen LogP contribution in [0.1, 0.15) is 118 Å². The number of ether oxygens (including phenoxy) is 3. The predicted molar refractivity (Wildman–Crippen MR) is 527 cm³/mol. The van der Waals surface area contributed by atoms with Crippen molar-refractivity contribution in [3.05, 3.63) is 329 Å². The molecule has 1 saturated carbocycles. The van der Waals surface area contributed by atoms with Gasteiger partial charge >= 0.3 is 31.0 Å². The number of anilines is 3. The standard InChI is InChI=1S/C31H28FN5O3.C23H22BN3O4.C17H16FN5O3.2C8H8BrFN2O.C6H3BrFNO2.C4H5ClO/c1-36(2)30(38)22-14-25(32)28(33-16-22)26-15-23-24(31(39)40-3)17-34-29(27(23)35-26)37(18-20-10-6-4-7-11-20)19-21-12-8-5-9-13-21;1-31-23(28)19-13-25-22(21-18(19)12-20(26-21)24(29)30)27(14-16-8-4-2-5-9-16)15-17-10-6-3-7-11-17;1-23(2)16(24)8-4-11(18)14(20-6-8)12-5-9-10(17(25)26-3)7-21-15(19)13(9)22-12;2*1-12(2)8(13)5-3-6(10)7(9)11-4-5;7-5-4(8)1-3(2-9-5)6(10)11;5-4(6)3-1-2-3/h4-17,35H,18-19H2,1-3H3;2-13,26,29-30H,14-15H2,1H3;4-7,22H,1-3H3,(H2,19,21);2*3-4H,1-2H3;1-2H,(H,10,11);3H,1-2H2. The first-order valence-corrected chi connectivity index (χ1v) is 44.6. The minimum Gasteiger partial charge on any atom is -0.478 e. The van der Waals surface area contributed by atoms with Crippen LogP contribution in [-0.4, -0.2) is 227 Å². The molecule has 43 heteroatoms. The molecule has 4 aromatic carbocycles. The Bertz CT molecular complexity index is 6850. The summed E-state index contributed by atoms with van der Waals surface area (Å²) in [7, 11) is 14.8. The van der Waals surface area contributed by atoms with Gasteiger partial charge in [0.25, 0.3) is 23.6 Å². The van der Waals surface area contributed by atoms with Crippen LogP contribution in [0.3, 0.4) is 0 Å². The fourth-order valence-electron chi connectivity index (χ4n) is 13.1. The Labute approximate surface area is 828 Å². The number of amides is 4. The molecule has 11 heterocycles. The zero-order valence-corrected chi connectivity index (χ0v) is 82.2. The molecule has 15 aromatic rings. The number of nitrogen functional groups attached to an aromatic ring is 1. The maximum Gasteiger partial charge on any atom is 0.505 e. The Morgan fingerprint density at radius 1 is 0.400 bits per heavy atom. The van der Waals surface area contributed by atoms with Crippen LogP contribution in [0.5, 0.6) is 0 Å². The van der Waals surface area contributed by atoms with Gasteiger partial charge in [0.1, 0.15) is 31.0 Å². The Morgan fingerprint density at radius 2 is 0.686 bits per heavy atom. The summed E-state index contributed by atoms with van der Waals surface area (Å²) in [6, 6.07) is 50.2. The van der Waals surface area contributed by atoms with E-state index in [2.05, 4.69) is 112 Å². The molecule has 11 aromatic heterocycles. The van der Waals surface area contributed by atoms with E-state index in [1.165, 1.54) is 84.3 Å². The molecule has 0 spiro atoms. The zero-order valence-electron chi connectivity index (χ0n) is 76.7. The highest BCUT2D eigenvalue weighted by molar-refractivity contribution is 9.11. The van der Waals surface area contributed by atoms with Gasteiger partial charge in [-0.25, -0.2) is 71.0 Å². The second-order valence-corrected chi connectivity index (χ2v) is 33.9. The molecule has 140 heavy (non-hydrogen) atoms. The largest absolute Gasteiger partial charge is 0.505 e. The van der Waals surface area contributed by atoms with Crippen LogP contribution in [0, 0.1) is 35.0 Å². The number of aromatic nitrogens is 11. The van der Waals surface area contributed by atoms with Crippen molar-refractivity contribution in [3.63, 3.8) is 0 Å². The summed E-state index contributed by atoms with van der Waals surface area (Å²) in [5, 5.41) is 29.1. The number of hydrogen-bond donors (Lipinski definition) is 7. The van der Waals surface area contributed by atoms with Gasteiger partial charge in [0.2, 0.25) is 5.24 Å². The Balaban J connectivity index is 0.000000180. The highest BCUT2D eigenvalue weighted by Gasteiger charge is 2.30. The lowest BCUT2D eigenvalue weighted by molar-refractivity contribution is -0.112. The number of hydrogen-bond acceptors (Lipinski definition) is 25. The number of nitrogens with one attached hydrogen (secondary N) is 3. The summed E-state index contributed by atoms with van der Waals surface area (Å²) < 4.78 is 83.1. The Hall–Kier alpha value is -15.1. The fourth-order valence-corrected chi connectivity index (χ4v) is 14.0. The molecule has 0 saturated heterocycles. The number of nitrogens with zero attached hydrogens (tertiary/aromatic N) is 14. The van der Waals surface area contributed by atoms with Gasteiger partial charge in [-0.1, -0.05) is 121 Å². The first kappa shape index (κ1) is 107. The number of esters is 3. The van der Waals surface area contributed by atoms with Crippen molar-refractivity contribution >= 4 is 175 Å². The van der Waals surface area contributed by atoms with Gasteiger partial charge in [0.15, 0.2) is 40.7 Å². The first-order valence-electron chi connectivity index (χ1n) is 41.8. The third-order valence-corrected chi connectivity index (χ3v) is 22.4. The lowest BCUT2D eigenvalue weighted by Crippen LogP contribution is -2.30. The summed E-state index contributed by atoms with van der Waals surface area (Å²) in [4.78, 5) is 155. The van der Waals surface area contributed by atoms with E-state index in [9.17, 15) is 70.8 Å². The van der Waals surface area contributed by atoms with E-state index in [1.807, 2.05) is 121 Å². The van der Waals surface area contributed by atoms with E-state index >= 15 is 4.39 Å². The number of carboxylic acids is 1. The van der Waals surface area contributed by atoms with Crippen molar-refractivity contribution in [2.45, 2.75) is 39.0 Å². The molecule has 0 bridgehead atoms. The third-order valence-electron chi connectivity index (χ3n) is 20.3. The number of aromatic carboxylic acids is 1. The number of fused-ring (bicyclic) bond motifs is 3. The zero-order chi connectivity index (χ0) is 102. The van der Waals surface area contributed by atoms with E-state index in [4.69, 9.17) is 36.7 Å². The van der Waals surface area contributed by atoms with Gasteiger partial charge in [0, 0.05) is 160 Å². The normalized spacial score (nSPS) is 11.0. The summed E-state index contributed by atoms with van der Waals surface area (Å²) in [6.45, 7) is 2.23. The molecular weight excluding hydrogens is 2040 g/mol. The summed E-state index contributed by atoms with van der Waals surface area (Å²) in [6.07, 6.45) is 12.6. The van der Waals surface area contributed by atoms with Gasteiger partial charge < -0.3 is 79.5 Å². The second-order valence-electron chi connectivity index (χ2n) is 31.3. The van der Waals surface area contributed by atoms with E-state index < -0.39 is 60.1 Å². The van der Waals surface area contributed by atoms with Crippen LogP contribution in [0.25, 0.3) is 55.5 Å². The SMILES string of the molecule is CN(C)C(=O)c1cnc(Br)c(F)c1.CN(C)C(=O)c1cnc(Br)c(F)c1.COC(=O)c1cnc(N(Cc2ccccc2)Cc2ccccc2)c2[nH]c(-c3ncc(C(=O)N(C)C)cc3F)cc12.COC(=O)c1cnc(N(Cc2ccccc2)Cc2ccccc2)c2[nH]c(B(O)O)cc12.COC(=O)c1cnc(N)c2[nH]c(-c3ncc(C(=O)N(C)C)cc3F)cc12.O=C(Cl)C1CC1.O=C(O)c1cnc(Br)c(F)c1. The molecule has 4 amide bonds. The number of pyridine rings is 8. The number of methoxy groups -OCH3 is 3. The van der Waals surface area contributed by atoms with Crippen LogP contribution in [-0.2, 0) is 45.2 Å². The van der Waals surface area contributed by atoms with Gasteiger partial charge in [-0.3, -0.25) is 33.9 Å². The number of aromatic amines is 3. The highest BCUT2D eigenvalue weighted by atomic mass is 79.9. The molecule has 16 rings (SSSR count). The number of nitrogens with two attached hydrogens (primary N) is 1. The minimum atomic E-state index is -1.71. The molecule has 0 unspecified atom stereocenters. The van der Waals surface area contributed by atoms with Crippen molar-refractivity contribution in [2.24, 2.45) is 5.92 Å². The first-order chi connectivity index (χ1) is 66.7. The smallest absolute Gasteiger partial charge is 0.478 e. The molecule has 33 nitrogen and oxygen atoms in total. The maximum atomic E-state index is 15.3. The lowest BCUT2D eigenvalue weighted by Gasteiger charge is -2.25. The van der Waals surface area contributed by atoms with Gasteiger partial charge in [0.05, 0.1) is 93.8 Å². The lowest BCUT2D eigenvalue weighted by atomic mass is 9.86. The molecule has 0 atom stereocenters. The molecule has 1 fully saturated rings. The number of carboxylic acid groups (broad SMARTS) is 1. The van der Waals surface area contributed by atoms with Crippen molar-refractivity contribution in [3.8, 4) is 22.8 Å². The summed E-state index contributed by atoms with van der Waals surface area (Å²) >= 11 is 13.6. The van der Waals surface area contributed by atoms with Crippen molar-refractivity contribution < 1.29 is 94.5 Å². The van der Waals surface area contributed by atoms with E-state index in [0.717, 1.165) is 71.6 Å². The highest BCUT2D eigenvalue weighted by Crippen LogP contribution is 2.37. The second kappa shape index (κ2) is 49.8. The van der Waals surface area contributed by atoms with E-state index in [-0.39, 0.29) is 116 Å². The van der Waals surface area contributed by atoms with Crippen LogP contribution in [0.4, 0.5) is 39.4 Å². The summed E-state index contributed by atoms with van der Waals surface area (Å²) in [5.41, 5.74) is 13.7. The molecule has 1 aliphatic rings. The van der Waals surface area contributed by atoms with Crippen LogP contribution >= 0.6 is 59.4 Å². The van der Waals surface area contributed by atoms with E-state index in [0.29, 0.717) is 81.9 Å². The molecule has 1 aliphatic carbocycles. The van der Waals surface area contributed by atoms with Gasteiger partial charge in [-0.05, 0) is 143 Å². The van der Waals surface area contributed by atoms with Gasteiger partial charge in [-0.2, -0.15) is 0 Å². The Morgan fingerprint density at radius 3 is 0.971 bits per heavy atom. The van der Waals surface area contributed by atoms with Crippen LogP contribution in [0.2, 0.25) is 0 Å². The molecule has 0 radical (unpaired) electrons. The number of halogens is 9. The number of rotatable bonds is 22.